The lowest BCUT2D eigenvalue weighted by Gasteiger charge is -2.46. The fourth-order valence-electron chi connectivity index (χ4n) is 3.19. The molecule has 0 radical (unpaired) electrons. The van der Waals surface area contributed by atoms with Gasteiger partial charge in [-0.3, -0.25) is 9.58 Å². The fourth-order valence-corrected chi connectivity index (χ4v) is 3.19. The molecule has 0 bridgehead atoms. The molecule has 3 unspecified atom stereocenters. The van der Waals surface area contributed by atoms with Gasteiger partial charge in [0, 0.05) is 37.9 Å². The standard InChI is InChI=1S/C15H28N4O2/c1-5-13(16)14(11-6-17-18(4)7-11)19-8-12(9-20)21-15(2,3)10-19/h6-7,12-14,20H,5,8-10,16H2,1-4H3. The smallest absolute Gasteiger partial charge is 0.0940 e. The van der Waals surface area contributed by atoms with E-state index in [1.807, 2.05) is 19.4 Å². The van der Waals surface area contributed by atoms with E-state index in [4.69, 9.17) is 10.5 Å². The Morgan fingerprint density at radius 3 is 2.81 bits per heavy atom. The molecule has 0 spiro atoms. The molecule has 1 aliphatic heterocycles. The number of nitrogens with two attached hydrogens (primary N) is 1. The van der Waals surface area contributed by atoms with E-state index in [-0.39, 0.29) is 30.4 Å². The maximum absolute atomic E-state index is 9.49. The number of aryl methyl sites for hydroxylation is 1. The summed E-state index contributed by atoms with van der Waals surface area (Å²) in [6, 6.07) is 0.128. The number of nitrogens with zero attached hydrogens (tertiary/aromatic N) is 3. The van der Waals surface area contributed by atoms with Crippen molar-refractivity contribution in [3.8, 4) is 0 Å². The van der Waals surface area contributed by atoms with Crippen LogP contribution in [-0.2, 0) is 11.8 Å². The zero-order valence-corrected chi connectivity index (χ0v) is 13.5. The van der Waals surface area contributed by atoms with Gasteiger partial charge >= 0.3 is 0 Å². The predicted molar refractivity (Wildman–Crippen MR) is 81.8 cm³/mol. The summed E-state index contributed by atoms with van der Waals surface area (Å²) in [4.78, 5) is 2.33. The van der Waals surface area contributed by atoms with Gasteiger partial charge in [-0.25, -0.2) is 0 Å². The Hall–Kier alpha value is -0.950. The molecular formula is C15H28N4O2. The van der Waals surface area contributed by atoms with Gasteiger partial charge in [0.2, 0.25) is 0 Å². The quantitative estimate of drug-likeness (QED) is 0.835. The first-order valence-electron chi connectivity index (χ1n) is 7.63. The minimum atomic E-state index is -0.292. The third-order valence-electron chi connectivity index (χ3n) is 4.05. The minimum absolute atomic E-state index is 0.0288. The maximum Gasteiger partial charge on any atom is 0.0940 e. The van der Waals surface area contributed by atoms with Gasteiger partial charge in [-0.15, -0.1) is 0 Å². The van der Waals surface area contributed by atoms with E-state index in [1.54, 1.807) is 4.68 Å². The summed E-state index contributed by atoms with van der Waals surface area (Å²) in [5.41, 5.74) is 7.22. The lowest BCUT2D eigenvalue weighted by molar-refractivity contribution is -0.159. The fraction of sp³-hybridized carbons (Fsp3) is 0.800. The normalized spacial score (nSPS) is 25.7. The molecule has 6 heteroatoms. The molecule has 0 saturated carbocycles. The molecule has 1 fully saturated rings. The van der Waals surface area contributed by atoms with Gasteiger partial charge in [0.25, 0.3) is 0 Å². The summed E-state index contributed by atoms with van der Waals surface area (Å²) in [5, 5.41) is 13.8. The van der Waals surface area contributed by atoms with Crippen LogP contribution in [-0.4, -0.2) is 57.2 Å². The average Bonchev–Trinajstić information content (AvgIpc) is 2.83. The molecule has 0 aliphatic carbocycles. The zero-order chi connectivity index (χ0) is 15.6. The van der Waals surface area contributed by atoms with Crippen LogP contribution in [0.2, 0.25) is 0 Å². The van der Waals surface area contributed by atoms with Gasteiger partial charge in [-0.2, -0.15) is 5.10 Å². The summed E-state index contributed by atoms with van der Waals surface area (Å²) in [7, 11) is 1.91. The molecule has 0 amide bonds. The largest absolute Gasteiger partial charge is 0.394 e. The van der Waals surface area contributed by atoms with Crippen LogP contribution in [0.15, 0.2) is 12.4 Å². The van der Waals surface area contributed by atoms with E-state index in [1.165, 1.54) is 0 Å². The highest BCUT2D eigenvalue weighted by molar-refractivity contribution is 5.14. The molecule has 1 aromatic rings. The average molecular weight is 296 g/mol. The first-order chi connectivity index (χ1) is 9.86. The summed E-state index contributed by atoms with van der Waals surface area (Å²) in [6.45, 7) is 7.72. The predicted octanol–water partition coefficient (Wildman–Crippen LogP) is 0.670. The molecule has 6 nitrogen and oxygen atoms in total. The van der Waals surface area contributed by atoms with Crippen molar-refractivity contribution in [2.75, 3.05) is 19.7 Å². The minimum Gasteiger partial charge on any atom is -0.394 e. The van der Waals surface area contributed by atoms with Crippen LogP contribution in [0.25, 0.3) is 0 Å². The van der Waals surface area contributed by atoms with Crippen molar-refractivity contribution in [1.82, 2.24) is 14.7 Å². The third-order valence-corrected chi connectivity index (χ3v) is 4.05. The van der Waals surface area contributed by atoms with Crippen LogP contribution in [0.4, 0.5) is 0 Å². The Labute approximate surface area is 126 Å². The number of ether oxygens (including phenoxy) is 1. The number of hydrogen-bond donors (Lipinski definition) is 2. The second-order valence-electron chi connectivity index (χ2n) is 6.58. The van der Waals surface area contributed by atoms with E-state index in [0.29, 0.717) is 6.54 Å². The molecular weight excluding hydrogens is 268 g/mol. The molecule has 21 heavy (non-hydrogen) atoms. The van der Waals surface area contributed by atoms with E-state index < -0.39 is 0 Å². The molecule has 3 N–H and O–H groups in total. The molecule has 1 aromatic heterocycles. The molecule has 2 rings (SSSR count). The molecule has 1 saturated heterocycles. The lowest BCUT2D eigenvalue weighted by atomic mass is 9.95. The van der Waals surface area contributed by atoms with E-state index in [9.17, 15) is 5.11 Å². The number of aromatic nitrogens is 2. The van der Waals surface area contributed by atoms with E-state index in [2.05, 4.69) is 30.8 Å². The Kier molecular flexibility index (Phi) is 5.03. The van der Waals surface area contributed by atoms with Crippen LogP contribution >= 0.6 is 0 Å². The summed E-state index contributed by atoms with van der Waals surface area (Å²) < 4.78 is 7.71. The van der Waals surface area contributed by atoms with Crippen molar-refractivity contribution in [1.29, 1.82) is 0 Å². The second kappa shape index (κ2) is 6.44. The molecule has 2 heterocycles. The molecule has 3 atom stereocenters. The Morgan fingerprint density at radius 1 is 1.57 bits per heavy atom. The number of morpholine rings is 1. The van der Waals surface area contributed by atoms with Crippen molar-refractivity contribution < 1.29 is 9.84 Å². The first kappa shape index (κ1) is 16.4. The van der Waals surface area contributed by atoms with Gasteiger partial charge in [0.15, 0.2) is 0 Å². The van der Waals surface area contributed by atoms with Crippen molar-refractivity contribution in [3.05, 3.63) is 18.0 Å². The highest BCUT2D eigenvalue weighted by atomic mass is 16.5. The Morgan fingerprint density at radius 2 is 2.29 bits per heavy atom. The Bertz CT molecular complexity index is 460. The molecule has 120 valence electrons. The lowest BCUT2D eigenvalue weighted by Crippen LogP contribution is -2.57. The van der Waals surface area contributed by atoms with Crippen molar-refractivity contribution in [2.45, 2.75) is 51.0 Å². The van der Waals surface area contributed by atoms with Crippen LogP contribution in [0, 0.1) is 0 Å². The maximum atomic E-state index is 9.49. The van der Waals surface area contributed by atoms with Crippen LogP contribution in [0.3, 0.4) is 0 Å². The summed E-state index contributed by atoms with van der Waals surface area (Å²) >= 11 is 0. The summed E-state index contributed by atoms with van der Waals surface area (Å²) in [6.07, 6.45) is 4.63. The van der Waals surface area contributed by atoms with Crippen LogP contribution in [0.5, 0.6) is 0 Å². The summed E-state index contributed by atoms with van der Waals surface area (Å²) in [5.74, 6) is 0. The monoisotopic (exact) mass is 296 g/mol. The number of hydrogen-bond acceptors (Lipinski definition) is 5. The third kappa shape index (κ3) is 3.83. The number of aliphatic hydroxyl groups is 1. The number of aliphatic hydroxyl groups excluding tert-OH is 1. The van der Waals surface area contributed by atoms with E-state index in [0.717, 1.165) is 18.5 Å². The van der Waals surface area contributed by atoms with Crippen molar-refractivity contribution >= 4 is 0 Å². The van der Waals surface area contributed by atoms with Gasteiger partial charge < -0.3 is 15.6 Å². The van der Waals surface area contributed by atoms with Crippen LogP contribution < -0.4 is 5.73 Å². The highest BCUT2D eigenvalue weighted by Crippen LogP contribution is 2.31. The van der Waals surface area contributed by atoms with Crippen LogP contribution in [0.1, 0.15) is 38.8 Å². The van der Waals surface area contributed by atoms with Crippen molar-refractivity contribution in [2.24, 2.45) is 12.8 Å². The Balaban J connectivity index is 2.27. The molecule has 0 aromatic carbocycles. The van der Waals surface area contributed by atoms with Gasteiger partial charge in [-0.1, -0.05) is 6.92 Å². The first-order valence-corrected chi connectivity index (χ1v) is 7.63. The second-order valence-corrected chi connectivity index (χ2v) is 6.58. The highest BCUT2D eigenvalue weighted by Gasteiger charge is 2.38. The van der Waals surface area contributed by atoms with E-state index >= 15 is 0 Å². The van der Waals surface area contributed by atoms with Gasteiger partial charge in [-0.05, 0) is 20.3 Å². The van der Waals surface area contributed by atoms with Crippen molar-refractivity contribution in [3.63, 3.8) is 0 Å². The number of rotatable bonds is 5. The topological polar surface area (TPSA) is 76.5 Å². The van der Waals surface area contributed by atoms with Gasteiger partial charge in [0.05, 0.1) is 30.6 Å². The SMILES string of the molecule is CCC(N)C(c1cnn(C)c1)N1CC(CO)OC(C)(C)C1. The zero-order valence-electron chi connectivity index (χ0n) is 13.5. The molecule has 1 aliphatic rings. The van der Waals surface area contributed by atoms with Gasteiger partial charge in [0.1, 0.15) is 0 Å².